The number of amides is 4. The van der Waals surface area contributed by atoms with Crippen LogP contribution in [0.5, 0.6) is 11.5 Å². The summed E-state index contributed by atoms with van der Waals surface area (Å²) in [6.45, 7) is 4.24. The first-order valence-electron chi connectivity index (χ1n) is 17.3. The fourth-order valence-electron chi connectivity index (χ4n) is 9.36. The van der Waals surface area contributed by atoms with Crippen LogP contribution in [0.4, 0.5) is 10.5 Å². The van der Waals surface area contributed by atoms with Crippen LogP contribution in [-0.4, -0.2) is 25.0 Å². The summed E-state index contributed by atoms with van der Waals surface area (Å²) >= 11 is 0. The molecule has 4 aromatic rings. The maximum atomic E-state index is 13.8. The Balaban J connectivity index is 1.06. The molecule has 4 aromatic carbocycles. The van der Waals surface area contributed by atoms with Gasteiger partial charge in [0.25, 0.3) is 11.8 Å². The predicted molar refractivity (Wildman–Crippen MR) is 190 cm³/mol. The Hall–Kier alpha value is -5.17. The molecular weight excluding hydrogens is 612 g/mol. The van der Waals surface area contributed by atoms with E-state index in [-0.39, 0.29) is 11.0 Å². The first-order valence-corrected chi connectivity index (χ1v) is 17.3. The number of benzene rings is 4. The number of carbonyl (C=O) groups excluding carboxylic acids is 3. The lowest BCUT2D eigenvalue weighted by Gasteiger charge is -2.57. The van der Waals surface area contributed by atoms with Gasteiger partial charge in [0.1, 0.15) is 12.2 Å². The summed E-state index contributed by atoms with van der Waals surface area (Å²) in [5, 5.41) is 4.66. The Morgan fingerprint density at radius 1 is 0.878 bits per heavy atom. The lowest BCUT2D eigenvalue weighted by atomic mass is 9.48. The van der Waals surface area contributed by atoms with Crippen molar-refractivity contribution in [1.29, 1.82) is 0 Å². The van der Waals surface area contributed by atoms with Crippen LogP contribution in [0.2, 0.25) is 0 Å². The Morgan fingerprint density at radius 3 is 2.24 bits per heavy atom. The first-order chi connectivity index (χ1) is 23.8. The topological polar surface area (TPSA) is 84.9 Å². The SMILES string of the molecule is C=CCc1cc(/C=C2\C(=O)NC(=O)N(c3ccc(C45CC6CC(CC(C6)C4)C5)cc3)C2=O)cc(OC)c1OCc1ccc2ccccc2c1. The average molecular weight is 653 g/mol. The van der Waals surface area contributed by atoms with Gasteiger partial charge in [0.05, 0.1) is 12.8 Å². The van der Waals surface area contributed by atoms with Crippen molar-refractivity contribution in [3.05, 3.63) is 119 Å². The molecule has 0 spiro atoms. The monoisotopic (exact) mass is 652 g/mol. The van der Waals surface area contributed by atoms with E-state index >= 15 is 0 Å². The van der Waals surface area contributed by atoms with Gasteiger partial charge in [0.2, 0.25) is 0 Å². The van der Waals surface area contributed by atoms with E-state index in [4.69, 9.17) is 9.47 Å². The first kappa shape index (κ1) is 31.1. The Labute approximate surface area is 286 Å². The van der Waals surface area contributed by atoms with Crippen LogP contribution < -0.4 is 19.7 Å². The van der Waals surface area contributed by atoms with Crippen molar-refractivity contribution in [3.8, 4) is 11.5 Å². The standard InChI is InChI=1S/C42H40N2O5/c1-3-6-33-19-27(21-37(48-2)38(33)49-25-26-9-10-31-7-4-5-8-32(31)18-26)20-36-39(45)43-41(47)44(40(36)46)35-13-11-34(12-14-35)42-22-28-15-29(23-42)17-30(16-28)24-42/h3-5,7-14,18-21,28-30H,1,6,15-17,22-25H2,2H3,(H,43,45,47)/b36-20+. The molecule has 0 radical (unpaired) electrons. The molecule has 4 saturated carbocycles. The van der Waals surface area contributed by atoms with Crippen molar-refractivity contribution >= 4 is 40.4 Å². The van der Waals surface area contributed by atoms with Crippen LogP contribution in [0.25, 0.3) is 16.8 Å². The number of nitrogens with zero attached hydrogens (tertiary/aromatic N) is 1. The van der Waals surface area contributed by atoms with E-state index in [1.165, 1.54) is 50.2 Å². The largest absolute Gasteiger partial charge is 0.493 e. The maximum Gasteiger partial charge on any atom is 0.335 e. The average Bonchev–Trinajstić information content (AvgIpc) is 3.09. The second kappa shape index (κ2) is 12.4. The summed E-state index contributed by atoms with van der Waals surface area (Å²) in [5.74, 6) is 2.06. The molecule has 4 amide bonds. The molecule has 1 heterocycles. The summed E-state index contributed by atoms with van der Waals surface area (Å²) in [4.78, 5) is 41.0. The normalized spacial score (nSPS) is 25.2. The van der Waals surface area contributed by atoms with E-state index in [1.807, 2.05) is 36.4 Å². The minimum atomic E-state index is -0.753. The Bertz CT molecular complexity index is 1990. The van der Waals surface area contributed by atoms with Crippen LogP contribution in [0, 0.1) is 17.8 Å². The summed E-state index contributed by atoms with van der Waals surface area (Å²) in [6, 6.07) is 25.1. The van der Waals surface area contributed by atoms with Crippen LogP contribution in [0.15, 0.2) is 97.1 Å². The third kappa shape index (κ3) is 5.71. The minimum Gasteiger partial charge on any atom is -0.493 e. The van der Waals surface area contributed by atoms with Gasteiger partial charge in [-0.2, -0.15) is 0 Å². The number of methoxy groups -OCH3 is 1. The van der Waals surface area contributed by atoms with Gasteiger partial charge in [-0.25, -0.2) is 9.69 Å². The highest BCUT2D eigenvalue weighted by Gasteiger charge is 2.51. The van der Waals surface area contributed by atoms with Crippen LogP contribution in [-0.2, 0) is 28.0 Å². The third-order valence-electron chi connectivity index (χ3n) is 11.1. The number of rotatable bonds is 9. The lowest BCUT2D eigenvalue weighted by Crippen LogP contribution is -2.54. The van der Waals surface area contributed by atoms with Gasteiger partial charge in [0.15, 0.2) is 11.5 Å². The van der Waals surface area contributed by atoms with Gasteiger partial charge >= 0.3 is 6.03 Å². The molecule has 1 N–H and O–H groups in total. The van der Waals surface area contributed by atoms with Crippen LogP contribution in [0.1, 0.15) is 60.8 Å². The molecule has 1 aliphatic heterocycles. The quantitative estimate of drug-likeness (QED) is 0.112. The van der Waals surface area contributed by atoms with Crippen molar-refractivity contribution in [2.75, 3.05) is 12.0 Å². The molecule has 0 aromatic heterocycles. The number of hydrogen-bond acceptors (Lipinski definition) is 5. The highest BCUT2D eigenvalue weighted by molar-refractivity contribution is 6.39. The molecule has 9 rings (SSSR count). The zero-order valence-electron chi connectivity index (χ0n) is 27.7. The zero-order chi connectivity index (χ0) is 33.7. The summed E-state index contributed by atoms with van der Waals surface area (Å²) in [6.07, 6.45) is 11.5. The Morgan fingerprint density at radius 2 is 1.57 bits per heavy atom. The number of barbiturate groups is 1. The van der Waals surface area contributed by atoms with Gasteiger partial charge < -0.3 is 9.47 Å². The molecule has 1 saturated heterocycles. The van der Waals surface area contributed by atoms with Crippen molar-refractivity contribution in [3.63, 3.8) is 0 Å². The number of allylic oxidation sites excluding steroid dienone is 1. The highest BCUT2D eigenvalue weighted by atomic mass is 16.5. The van der Waals surface area contributed by atoms with E-state index in [9.17, 15) is 14.4 Å². The summed E-state index contributed by atoms with van der Waals surface area (Å²) < 4.78 is 12.1. The molecular formula is C42H40N2O5. The molecule has 5 aliphatic rings. The molecule has 4 aliphatic carbocycles. The van der Waals surface area contributed by atoms with Crippen molar-refractivity contribution in [2.45, 2.75) is 57.0 Å². The minimum absolute atomic E-state index is 0.138. The number of imide groups is 2. The van der Waals surface area contributed by atoms with Crippen LogP contribution in [0.3, 0.4) is 0 Å². The molecule has 5 fully saturated rings. The van der Waals surface area contributed by atoms with E-state index in [0.29, 0.717) is 35.8 Å². The molecule has 7 nitrogen and oxygen atoms in total. The van der Waals surface area contributed by atoms with Crippen molar-refractivity contribution < 1.29 is 23.9 Å². The molecule has 49 heavy (non-hydrogen) atoms. The second-order valence-electron chi connectivity index (χ2n) is 14.4. The fraction of sp³-hybridized carbons (Fsp3) is 0.310. The highest BCUT2D eigenvalue weighted by Crippen LogP contribution is 2.60. The van der Waals surface area contributed by atoms with Gasteiger partial charge in [-0.15, -0.1) is 6.58 Å². The van der Waals surface area contributed by atoms with Gasteiger partial charge in [-0.05, 0) is 132 Å². The van der Waals surface area contributed by atoms with Gasteiger partial charge in [-0.3, -0.25) is 14.9 Å². The van der Waals surface area contributed by atoms with E-state index < -0.39 is 17.8 Å². The maximum absolute atomic E-state index is 13.8. The zero-order valence-corrected chi connectivity index (χ0v) is 27.7. The number of ether oxygens (including phenoxy) is 2. The molecule has 0 unspecified atom stereocenters. The molecule has 0 atom stereocenters. The number of anilines is 1. The molecule has 7 heteroatoms. The smallest absolute Gasteiger partial charge is 0.335 e. The number of nitrogens with one attached hydrogen (secondary N) is 1. The second-order valence-corrected chi connectivity index (χ2v) is 14.4. The van der Waals surface area contributed by atoms with Crippen molar-refractivity contribution in [1.82, 2.24) is 5.32 Å². The number of urea groups is 1. The third-order valence-corrected chi connectivity index (χ3v) is 11.1. The molecule has 248 valence electrons. The van der Waals surface area contributed by atoms with Crippen LogP contribution >= 0.6 is 0 Å². The Kier molecular flexibility index (Phi) is 7.86. The number of hydrogen-bond donors (Lipinski definition) is 1. The number of carbonyl (C=O) groups is 3. The van der Waals surface area contributed by atoms with Crippen molar-refractivity contribution in [2.24, 2.45) is 17.8 Å². The summed E-state index contributed by atoms with van der Waals surface area (Å²) in [5.41, 5.74) is 4.18. The molecule has 4 bridgehead atoms. The van der Waals surface area contributed by atoms with E-state index in [1.54, 1.807) is 19.3 Å². The van der Waals surface area contributed by atoms with Gasteiger partial charge in [-0.1, -0.05) is 54.6 Å². The predicted octanol–water partition coefficient (Wildman–Crippen LogP) is 8.29. The lowest BCUT2D eigenvalue weighted by molar-refractivity contribution is -0.122. The fourth-order valence-corrected chi connectivity index (χ4v) is 9.36. The van der Waals surface area contributed by atoms with E-state index in [0.717, 1.165) is 44.6 Å². The number of fused-ring (bicyclic) bond motifs is 1. The summed E-state index contributed by atoms with van der Waals surface area (Å²) in [7, 11) is 1.55. The van der Waals surface area contributed by atoms with Gasteiger partial charge in [0, 0.05) is 5.56 Å². The van der Waals surface area contributed by atoms with E-state index in [2.05, 4.69) is 48.3 Å².